The molecule has 0 aliphatic heterocycles. The average molecular weight is 316 g/mol. The molecule has 0 unspecified atom stereocenters. The molecule has 0 bridgehead atoms. The minimum Gasteiger partial charge on any atom is -0.369 e. The Morgan fingerprint density at radius 2 is 1.89 bits per heavy atom. The number of halogens is 1. The van der Waals surface area contributed by atoms with Crippen molar-refractivity contribution in [3.05, 3.63) is 52.0 Å². The molecule has 0 radical (unpaired) electrons. The van der Waals surface area contributed by atoms with Crippen LogP contribution in [0.5, 0.6) is 0 Å². The van der Waals surface area contributed by atoms with E-state index in [1.54, 1.807) is 0 Å². The maximum absolute atomic E-state index is 6.09. The number of benzene rings is 2. The topological polar surface area (TPSA) is 43.8 Å². The van der Waals surface area contributed by atoms with Crippen LogP contribution in [0.3, 0.4) is 0 Å². The summed E-state index contributed by atoms with van der Waals surface area (Å²) < 4.78 is 3.03. The molecule has 0 saturated heterocycles. The zero-order chi connectivity index (χ0) is 13.6. The molecule has 1 aromatic heterocycles. The van der Waals surface area contributed by atoms with Crippen LogP contribution in [0, 0.1) is 13.8 Å². The van der Waals surface area contributed by atoms with Crippen LogP contribution >= 0.6 is 15.9 Å². The van der Waals surface area contributed by atoms with Crippen LogP contribution < -0.4 is 5.73 Å². The minimum atomic E-state index is 0.516. The molecule has 4 heteroatoms. The van der Waals surface area contributed by atoms with E-state index in [0.717, 1.165) is 26.8 Å². The Balaban J connectivity index is 2.38. The molecule has 3 nitrogen and oxygen atoms in total. The zero-order valence-corrected chi connectivity index (χ0v) is 12.4. The van der Waals surface area contributed by atoms with Gasteiger partial charge in [0.05, 0.1) is 16.7 Å². The Kier molecular flexibility index (Phi) is 2.82. The second-order valence-electron chi connectivity index (χ2n) is 4.73. The number of fused-ring (bicyclic) bond motifs is 1. The van der Waals surface area contributed by atoms with Gasteiger partial charge >= 0.3 is 0 Å². The molecule has 3 rings (SSSR count). The number of aryl methyl sites for hydroxylation is 2. The molecule has 2 aromatic carbocycles. The lowest BCUT2D eigenvalue weighted by Gasteiger charge is -2.10. The first-order valence-electron chi connectivity index (χ1n) is 6.07. The number of nitrogens with zero attached hydrogens (tertiary/aromatic N) is 2. The molecule has 19 heavy (non-hydrogen) atoms. The van der Waals surface area contributed by atoms with Gasteiger partial charge < -0.3 is 5.73 Å². The second kappa shape index (κ2) is 4.38. The Labute approximate surface area is 120 Å². The van der Waals surface area contributed by atoms with Crippen LogP contribution in [0.1, 0.15) is 11.1 Å². The Hall–Kier alpha value is -1.81. The molecule has 3 aromatic rings. The van der Waals surface area contributed by atoms with Crippen molar-refractivity contribution in [1.29, 1.82) is 0 Å². The summed E-state index contributed by atoms with van der Waals surface area (Å²) in [5.41, 5.74) is 11.5. The Morgan fingerprint density at radius 3 is 2.68 bits per heavy atom. The van der Waals surface area contributed by atoms with Crippen molar-refractivity contribution >= 4 is 32.9 Å². The highest BCUT2D eigenvalue weighted by atomic mass is 79.9. The van der Waals surface area contributed by atoms with Gasteiger partial charge in [-0.2, -0.15) is 0 Å². The van der Waals surface area contributed by atoms with Crippen molar-refractivity contribution in [3.63, 3.8) is 0 Å². The quantitative estimate of drug-likeness (QED) is 0.738. The number of hydrogen-bond acceptors (Lipinski definition) is 2. The number of anilines is 1. The van der Waals surface area contributed by atoms with Crippen molar-refractivity contribution in [2.24, 2.45) is 0 Å². The van der Waals surface area contributed by atoms with E-state index in [2.05, 4.69) is 53.0 Å². The summed E-state index contributed by atoms with van der Waals surface area (Å²) in [6.45, 7) is 4.14. The first kappa shape index (κ1) is 12.2. The highest BCUT2D eigenvalue weighted by Gasteiger charge is 2.12. The summed E-state index contributed by atoms with van der Waals surface area (Å²) in [4.78, 5) is 4.43. The van der Waals surface area contributed by atoms with Gasteiger partial charge in [0, 0.05) is 4.47 Å². The van der Waals surface area contributed by atoms with E-state index >= 15 is 0 Å². The van der Waals surface area contributed by atoms with Gasteiger partial charge in [0.25, 0.3) is 0 Å². The molecule has 0 saturated carbocycles. The fourth-order valence-corrected chi connectivity index (χ4v) is 2.63. The number of hydrogen-bond donors (Lipinski definition) is 1. The third-order valence-electron chi connectivity index (χ3n) is 3.25. The van der Waals surface area contributed by atoms with Gasteiger partial charge in [-0.25, -0.2) is 4.98 Å². The summed E-state index contributed by atoms with van der Waals surface area (Å²) >= 11 is 3.51. The standard InChI is InChI=1S/C15H14BrN3/c1-9-3-6-12-14(7-9)19(15(17)18-12)13-8-11(16)5-4-10(13)2/h3-8H,1-2H3,(H2,17,18). The van der Waals surface area contributed by atoms with Crippen LogP contribution in [0.2, 0.25) is 0 Å². The van der Waals surface area contributed by atoms with Gasteiger partial charge in [-0.05, 0) is 49.2 Å². The van der Waals surface area contributed by atoms with E-state index in [4.69, 9.17) is 5.73 Å². The molecule has 0 aliphatic carbocycles. The predicted molar refractivity (Wildman–Crippen MR) is 82.7 cm³/mol. The molecular weight excluding hydrogens is 302 g/mol. The monoisotopic (exact) mass is 315 g/mol. The van der Waals surface area contributed by atoms with Gasteiger partial charge in [0.2, 0.25) is 5.95 Å². The Bertz CT molecular complexity index is 774. The Morgan fingerprint density at radius 1 is 1.11 bits per heavy atom. The summed E-state index contributed by atoms with van der Waals surface area (Å²) in [6, 6.07) is 12.3. The van der Waals surface area contributed by atoms with Crippen LogP contribution in [0.15, 0.2) is 40.9 Å². The number of nitrogen functional groups attached to an aromatic ring is 1. The van der Waals surface area contributed by atoms with Crippen LogP contribution in [-0.2, 0) is 0 Å². The van der Waals surface area contributed by atoms with Crippen LogP contribution in [0.4, 0.5) is 5.95 Å². The normalized spacial score (nSPS) is 11.1. The van der Waals surface area contributed by atoms with Gasteiger partial charge in [-0.1, -0.05) is 28.1 Å². The lowest BCUT2D eigenvalue weighted by molar-refractivity contribution is 1.09. The molecule has 96 valence electrons. The summed E-state index contributed by atoms with van der Waals surface area (Å²) in [5, 5.41) is 0. The highest BCUT2D eigenvalue weighted by Crippen LogP contribution is 2.27. The molecule has 1 heterocycles. The van der Waals surface area contributed by atoms with E-state index in [9.17, 15) is 0 Å². The predicted octanol–water partition coefficient (Wildman–Crippen LogP) is 3.99. The number of nitrogens with two attached hydrogens (primary N) is 1. The van der Waals surface area contributed by atoms with Crippen molar-refractivity contribution < 1.29 is 0 Å². The van der Waals surface area contributed by atoms with Crippen molar-refractivity contribution in [3.8, 4) is 5.69 Å². The summed E-state index contributed by atoms with van der Waals surface area (Å²) in [5.74, 6) is 0.516. The lowest BCUT2D eigenvalue weighted by atomic mass is 10.2. The van der Waals surface area contributed by atoms with Gasteiger partial charge in [0.15, 0.2) is 0 Å². The first-order chi connectivity index (χ1) is 9.06. The molecule has 0 amide bonds. The number of rotatable bonds is 1. The molecule has 0 fully saturated rings. The maximum Gasteiger partial charge on any atom is 0.205 e. The van der Waals surface area contributed by atoms with Crippen LogP contribution in [0.25, 0.3) is 16.7 Å². The first-order valence-corrected chi connectivity index (χ1v) is 6.86. The number of aromatic nitrogens is 2. The molecule has 0 aliphatic rings. The second-order valence-corrected chi connectivity index (χ2v) is 5.64. The average Bonchev–Trinajstić information content (AvgIpc) is 2.68. The van der Waals surface area contributed by atoms with Gasteiger partial charge in [-0.3, -0.25) is 4.57 Å². The number of imidazole rings is 1. The van der Waals surface area contributed by atoms with E-state index in [1.807, 2.05) is 22.8 Å². The fourth-order valence-electron chi connectivity index (χ4n) is 2.28. The smallest absolute Gasteiger partial charge is 0.205 e. The summed E-state index contributed by atoms with van der Waals surface area (Å²) in [7, 11) is 0. The van der Waals surface area contributed by atoms with E-state index < -0.39 is 0 Å². The largest absolute Gasteiger partial charge is 0.369 e. The minimum absolute atomic E-state index is 0.516. The third kappa shape index (κ3) is 2.02. The molecule has 0 atom stereocenters. The van der Waals surface area contributed by atoms with Gasteiger partial charge in [-0.15, -0.1) is 0 Å². The zero-order valence-electron chi connectivity index (χ0n) is 10.8. The van der Waals surface area contributed by atoms with E-state index in [0.29, 0.717) is 5.95 Å². The molecule has 0 spiro atoms. The fraction of sp³-hybridized carbons (Fsp3) is 0.133. The highest BCUT2D eigenvalue weighted by molar-refractivity contribution is 9.10. The van der Waals surface area contributed by atoms with E-state index in [-0.39, 0.29) is 0 Å². The van der Waals surface area contributed by atoms with Crippen molar-refractivity contribution in [2.75, 3.05) is 5.73 Å². The third-order valence-corrected chi connectivity index (χ3v) is 3.74. The van der Waals surface area contributed by atoms with Crippen LogP contribution in [-0.4, -0.2) is 9.55 Å². The van der Waals surface area contributed by atoms with Gasteiger partial charge in [0.1, 0.15) is 0 Å². The van der Waals surface area contributed by atoms with E-state index in [1.165, 1.54) is 5.56 Å². The molecule has 2 N–H and O–H groups in total. The van der Waals surface area contributed by atoms with Crippen molar-refractivity contribution in [2.45, 2.75) is 13.8 Å². The SMILES string of the molecule is Cc1ccc2nc(N)n(-c3cc(Br)ccc3C)c2c1. The van der Waals surface area contributed by atoms with Crippen molar-refractivity contribution in [1.82, 2.24) is 9.55 Å². The lowest BCUT2D eigenvalue weighted by Crippen LogP contribution is -2.02. The maximum atomic E-state index is 6.09. The summed E-state index contributed by atoms with van der Waals surface area (Å²) in [6.07, 6.45) is 0. The molecular formula is C15H14BrN3.